The molecule has 2 aromatic carbocycles. The molecule has 0 saturated heterocycles. The highest BCUT2D eigenvalue weighted by atomic mass is 15.0. The van der Waals surface area contributed by atoms with Crippen LogP contribution in [0.1, 0.15) is 36.1 Å². The van der Waals surface area contributed by atoms with Gasteiger partial charge in [-0.3, -0.25) is 0 Å². The summed E-state index contributed by atoms with van der Waals surface area (Å²) in [5.74, 6) is 0.583. The van der Waals surface area contributed by atoms with Gasteiger partial charge in [0.2, 0.25) is 0 Å². The van der Waals surface area contributed by atoms with Crippen molar-refractivity contribution in [3.8, 4) is 5.69 Å². The molecule has 1 aliphatic carbocycles. The summed E-state index contributed by atoms with van der Waals surface area (Å²) < 4.78 is 2.40. The molecule has 4 rings (SSSR count). The zero-order valence-electron chi connectivity index (χ0n) is 12.5. The molecule has 0 bridgehead atoms. The van der Waals surface area contributed by atoms with Crippen molar-refractivity contribution in [1.29, 1.82) is 0 Å². The predicted octanol–water partition coefficient (Wildman–Crippen LogP) is 5.46. The summed E-state index contributed by atoms with van der Waals surface area (Å²) in [7, 11) is 0. The number of nitrogens with zero attached hydrogens (tertiary/aromatic N) is 1. The van der Waals surface area contributed by atoms with Crippen LogP contribution in [0.25, 0.3) is 22.7 Å². The molecule has 0 spiro atoms. The highest BCUT2D eigenvalue weighted by Gasteiger charge is 2.22. The Bertz CT molecular complexity index is 837. The first-order chi connectivity index (χ1) is 10.3. The van der Waals surface area contributed by atoms with Gasteiger partial charge in [-0.05, 0) is 55.2 Å². The van der Waals surface area contributed by atoms with Crippen molar-refractivity contribution in [2.45, 2.75) is 26.2 Å². The molecule has 0 saturated carbocycles. The van der Waals surface area contributed by atoms with Crippen molar-refractivity contribution >= 4 is 17.0 Å². The second-order valence-electron chi connectivity index (χ2n) is 6.03. The Morgan fingerprint density at radius 3 is 2.67 bits per heavy atom. The van der Waals surface area contributed by atoms with Gasteiger partial charge in [-0.15, -0.1) is 0 Å². The van der Waals surface area contributed by atoms with Gasteiger partial charge < -0.3 is 4.57 Å². The van der Waals surface area contributed by atoms with E-state index in [-0.39, 0.29) is 0 Å². The predicted molar refractivity (Wildman–Crippen MR) is 90.1 cm³/mol. The van der Waals surface area contributed by atoms with E-state index < -0.39 is 0 Å². The Labute approximate surface area is 125 Å². The molecule has 21 heavy (non-hydrogen) atoms. The van der Waals surface area contributed by atoms with Crippen LogP contribution in [0.3, 0.4) is 0 Å². The fourth-order valence-corrected chi connectivity index (χ4v) is 3.49. The van der Waals surface area contributed by atoms with Crippen molar-refractivity contribution in [2.24, 2.45) is 0 Å². The highest BCUT2D eigenvalue weighted by molar-refractivity contribution is 5.91. The number of rotatable bonds is 1. The molecule has 1 nitrogen and oxygen atoms in total. The van der Waals surface area contributed by atoms with Gasteiger partial charge in [-0.1, -0.05) is 42.8 Å². The normalized spacial score (nSPS) is 17.1. The fourth-order valence-electron chi connectivity index (χ4n) is 3.49. The third-order valence-corrected chi connectivity index (χ3v) is 4.47. The number of allylic oxidation sites excluding steroid dienone is 1. The van der Waals surface area contributed by atoms with E-state index in [1.165, 1.54) is 33.4 Å². The Kier molecular flexibility index (Phi) is 2.75. The van der Waals surface area contributed by atoms with Crippen LogP contribution in [-0.2, 0) is 0 Å². The molecule has 1 aromatic heterocycles. The van der Waals surface area contributed by atoms with Crippen molar-refractivity contribution in [3.05, 3.63) is 71.4 Å². The third kappa shape index (κ3) is 1.84. The van der Waals surface area contributed by atoms with Crippen LogP contribution in [-0.4, -0.2) is 4.57 Å². The van der Waals surface area contributed by atoms with Crippen LogP contribution in [0.2, 0.25) is 0 Å². The lowest BCUT2D eigenvalue weighted by Crippen LogP contribution is -2.02. The maximum absolute atomic E-state index is 2.40. The summed E-state index contributed by atoms with van der Waals surface area (Å²) in [5.41, 5.74) is 6.74. The first-order valence-corrected chi connectivity index (χ1v) is 7.62. The smallest absolute Gasteiger partial charge is 0.0537 e. The summed E-state index contributed by atoms with van der Waals surface area (Å²) in [6, 6.07) is 17.5. The van der Waals surface area contributed by atoms with Gasteiger partial charge in [0.05, 0.1) is 5.52 Å². The average molecular weight is 273 g/mol. The van der Waals surface area contributed by atoms with E-state index in [0.29, 0.717) is 5.92 Å². The molecule has 0 radical (unpaired) electrons. The van der Waals surface area contributed by atoms with E-state index in [1.54, 1.807) is 0 Å². The monoisotopic (exact) mass is 273 g/mol. The molecule has 0 N–H and O–H groups in total. The molecule has 3 aromatic rings. The molecule has 104 valence electrons. The largest absolute Gasteiger partial charge is 0.310 e. The molecule has 1 unspecified atom stereocenters. The van der Waals surface area contributed by atoms with E-state index in [9.17, 15) is 0 Å². The molecular formula is C20H19N. The van der Waals surface area contributed by atoms with Crippen LogP contribution in [0.4, 0.5) is 0 Å². The number of fused-ring (bicyclic) bond motifs is 3. The number of para-hydroxylation sites is 1. The summed E-state index contributed by atoms with van der Waals surface area (Å²) >= 11 is 0. The topological polar surface area (TPSA) is 4.93 Å². The minimum atomic E-state index is 0.583. The van der Waals surface area contributed by atoms with E-state index in [1.807, 2.05) is 0 Å². The van der Waals surface area contributed by atoms with Crippen LogP contribution >= 0.6 is 0 Å². The zero-order chi connectivity index (χ0) is 14.4. The van der Waals surface area contributed by atoms with Gasteiger partial charge in [0, 0.05) is 16.8 Å². The standard InChI is InChI=1S/C20H19N/c1-14-11-12-18-17(13-14)20-15(2)7-6-10-19(20)21(18)16-8-4-3-5-9-16/h3-6,8-13,15H,7H2,1-2H3. The first kappa shape index (κ1) is 12.5. The number of benzene rings is 2. The SMILES string of the molecule is Cc1ccc2c(c1)c1c(n2-c2ccccc2)C=CCC1C. The molecule has 0 amide bonds. The van der Waals surface area contributed by atoms with Crippen LogP contribution in [0, 0.1) is 6.92 Å². The van der Waals surface area contributed by atoms with Gasteiger partial charge in [-0.2, -0.15) is 0 Å². The van der Waals surface area contributed by atoms with E-state index >= 15 is 0 Å². The van der Waals surface area contributed by atoms with Crippen molar-refractivity contribution in [2.75, 3.05) is 0 Å². The van der Waals surface area contributed by atoms with Gasteiger partial charge in [0.1, 0.15) is 0 Å². The third-order valence-electron chi connectivity index (χ3n) is 4.47. The maximum atomic E-state index is 2.40. The lowest BCUT2D eigenvalue weighted by Gasteiger charge is -2.16. The number of hydrogen-bond donors (Lipinski definition) is 0. The molecule has 0 fully saturated rings. The lowest BCUT2D eigenvalue weighted by molar-refractivity contribution is 0.773. The quantitative estimate of drug-likeness (QED) is 0.555. The van der Waals surface area contributed by atoms with Crippen LogP contribution < -0.4 is 0 Å². The second-order valence-corrected chi connectivity index (χ2v) is 6.03. The van der Waals surface area contributed by atoms with Crippen molar-refractivity contribution < 1.29 is 0 Å². The molecule has 1 heteroatoms. The average Bonchev–Trinajstić information content (AvgIpc) is 2.83. The zero-order valence-corrected chi connectivity index (χ0v) is 12.5. The number of aryl methyl sites for hydroxylation is 1. The molecule has 0 aliphatic heterocycles. The summed E-state index contributed by atoms with van der Waals surface area (Å²) in [6.45, 7) is 4.51. The lowest BCUT2D eigenvalue weighted by atomic mass is 9.90. The summed E-state index contributed by atoms with van der Waals surface area (Å²) in [5, 5.41) is 1.41. The van der Waals surface area contributed by atoms with Crippen molar-refractivity contribution in [3.63, 3.8) is 0 Å². The molecule has 1 aliphatic rings. The number of aromatic nitrogens is 1. The van der Waals surface area contributed by atoms with Gasteiger partial charge in [0.15, 0.2) is 0 Å². The van der Waals surface area contributed by atoms with E-state index in [2.05, 4.69) is 79.1 Å². The van der Waals surface area contributed by atoms with Crippen LogP contribution in [0.15, 0.2) is 54.6 Å². The van der Waals surface area contributed by atoms with Gasteiger partial charge >= 0.3 is 0 Å². The Morgan fingerprint density at radius 2 is 1.86 bits per heavy atom. The Hall–Kier alpha value is -2.28. The highest BCUT2D eigenvalue weighted by Crippen LogP contribution is 2.39. The summed E-state index contributed by atoms with van der Waals surface area (Å²) in [6.07, 6.45) is 5.73. The maximum Gasteiger partial charge on any atom is 0.0537 e. The Morgan fingerprint density at radius 1 is 1.05 bits per heavy atom. The second kappa shape index (κ2) is 4.63. The van der Waals surface area contributed by atoms with Gasteiger partial charge in [0.25, 0.3) is 0 Å². The fraction of sp³-hybridized carbons (Fsp3) is 0.200. The molecule has 1 heterocycles. The van der Waals surface area contributed by atoms with E-state index in [0.717, 1.165) is 6.42 Å². The number of hydrogen-bond acceptors (Lipinski definition) is 0. The Balaban J connectivity index is 2.14. The minimum absolute atomic E-state index is 0.583. The van der Waals surface area contributed by atoms with Crippen molar-refractivity contribution in [1.82, 2.24) is 4.57 Å². The molecular weight excluding hydrogens is 254 g/mol. The minimum Gasteiger partial charge on any atom is -0.310 e. The van der Waals surface area contributed by atoms with E-state index in [4.69, 9.17) is 0 Å². The van der Waals surface area contributed by atoms with Gasteiger partial charge in [-0.25, -0.2) is 0 Å². The van der Waals surface area contributed by atoms with Crippen LogP contribution in [0.5, 0.6) is 0 Å². The summed E-state index contributed by atoms with van der Waals surface area (Å²) in [4.78, 5) is 0. The molecule has 1 atom stereocenters. The first-order valence-electron chi connectivity index (χ1n) is 7.62.